The van der Waals surface area contributed by atoms with E-state index in [4.69, 9.17) is 23.2 Å². The van der Waals surface area contributed by atoms with Crippen LogP contribution in [0.2, 0.25) is 10.0 Å². The van der Waals surface area contributed by atoms with Crippen molar-refractivity contribution in [1.29, 1.82) is 0 Å². The first-order valence-corrected chi connectivity index (χ1v) is 9.96. The highest BCUT2D eigenvalue weighted by Crippen LogP contribution is 2.21. The van der Waals surface area contributed by atoms with E-state index in [0.717, 1.165) is 5.56 Å². The van der Waals surface area contributed by atoms with Crippen molar-refractivity contribution < 1.29 is 13.2 Å². The molecule has 128 valence electrons. The van der Waals surface area contributed by atoms with Gasteiger partial charge in [0.25, 0.3) is 0 Å². The van der Waals surface area contributed by atoms with Gasteiger partial charge < -0.3 is 5.32 Å². The van der Waals surface area contributed by atoms with Crippen molar-refractivity contribution in [1.82, 2.24) is 10.2 Å². The number of rotatable bonds is 6. The molecule has 1 amide bonds. The smallest absolute Gasteiger partial charge is 0.234 e. The summed E-state index contributed by atoms with van der Waals surface area (Å²) in [5, 5.41) is 3.99. The largest absolute Gasteiger partial charge is 0.355 e. The predicted molar refractivity (Wildman–Crippen MR) is 92.9 cm³/mol. The summed E-state index contributed by atoms with van der Waals surface area (Å²) in [5.74, 6) is 0.220. The third kappa shape index (κ3) is 5.64. The molecule has 0 radical (unpaired) electrons. The van der Waals surface area contributed by atoms with E-state index < -0.39 is 9.84 Å². The maximum atomic E-state index is 11.9. The molecule has 1 aromatic carbocycles. The molecule has 1 N–H and O–H groups in total. The van der Waals surface area contributed by atoms with Gasteiger partial charge in [-0.15, -0.1) is 0 Å². The number of benzene rings is 1. The molecule has 0 aromatic heterocycles. The number of carbonyl (C=O) groups excluding carboxylic acids is 1. The lowest BCUT2D eigenvalue weighted by molar-refractivity contribution is -0.122. The molecular weight excluding hydrogens is 359 g/mol. The molecular formula is C15H20Cl2N2O3S. The van der Waals surface area contributed by atoms with Crippen LogP contribution in [-0.2, 0) is 21.1 Å². The van der Waals surface area contributed by atoms with Crippen molar-refractivity contribution in [2.24, 2.45) is 0 Å². The molecule has 1 aliphatic rings. The molecule has 1 fully saturated rings. The van der Waals surface area contributed by atoms with Gasteiger partial charge in [0.15, 0.2) is 9.84 Å². The zero-order valence-electron chi connectivity index (χ0n) is 12.9. The molecule has 0 unspecified atom stereocenters. The van der Waals surface area contributed by atoms with Crippen molar-refractivity contribution >= 4 is 38.9 Å². The van der Waals surface area contributed by atoms with E-state index in [1.54, 1.807) is 24.1 Å². The lowest BCUT2D eigenvalue weighted by atomic mass is 10.1. The van der Waals surface area contributed by atoms with Crippen LogP contribution in [0.15, 0.2) is 18.2 Å². The van der Waals surface area contributed by atoms with Gasteiger partial charge in [-0.25, -0.2) is 8.42 Å². The van der Waals surface area contributed by atoms with Gasteiger partial charge in [-0.05, 0) is 37.6 Å². The topological polar surface area (TPSA) is 66.5 Å². The molecule has 8 heteroatoms. The van der Waals surface area contributed by atoms with E-state index >= 15 is 0 Å². The first-order chi connectivity index (χ1) is 10.8. The van der Waals surface area contributed by atoms with Crippen molar-refractivity contribution in [3.63, 3.8) is 0 Å². The number of nitrogens with zero attached hydrogens (tertiary/aromatic N) is 1. The molecule has 0 bridgehead atoms. The third-order valence-electron chi connectivity index (χ3n) is 3.96. The zero-order chi connectivity index (χ0) is 17.0. The SMILES string of the molecule is CN(CC(=O)NCCc1ccc(Cl)cc1Cl)[C@@H]1CCS(=O)(=O)C1. The summed E-state index contributed by atoms with van der Waals surface area (Å²) >= 11 is 11.9. The molecule has 5 nitrogen and oxygen atoms in total. The van der Waals surface area contributed by atoms with E-state index in [1.807, 2.05) is 6.07 Å². The molecule has 1 aliphatic heterocycles. The minimum absolute atomic E-state index is 0.0727. The van der Waals surface area contributed by atoms with Crippen molar-refractivity contribution in [2.75, 3.05) is 31.6 Å². The fourth-order valence-electron chi connectivity index (χ4n) is 2.60. The van der Waals surface area contributed by atoms with Gasteiger partial charge in [-0.3, -0.25) is 9.69 Å². The van der Waals surface area contributed by atoms with E-state index in [1.165, 1.54) is 0 Å². The maximum Gasteiger partial charge on any atom is 0.234 e. The third-order valence-corrected chi connectivity index (χ3v) is 6.29. The summed E-state index contributed by atoms with van der Waals surface area (Å²) in [5.41, 5.74) is 0.923. The van der Waals surface area contributed by atoms with Gasteiger partial charge in [0.2, 0.25) is 5.91 Å². The van der Waals surface area contributed by atoms with Crippen molar-refractivity contribution in [3.8, 4) is 0 Å². The molecule has 1 heterocycles. The quantitative estimate of drug-likeness (QED) is 0.818. The second-order valence-electron chi connectivity index (χ2n) is 5.81. The van der Waals surface area contributed by atoms with Crippen LogP contribution >= 0.6 is 23.2 Å². The van der Waals surface area contributed by atoms with Crippen LogP contribution in [-0.4, -0.2) is 56.9 Å². The van der Waals surface area contributed by atoms with Gasteiger partial charge in [0.1, 0.15) is 0 Å². The molecule has 1 aromatic rings. The van der Waals surface area contributed by atoms with Crippen LogP contribution < -0.4 is 5.32 Å². The summed E-state index contributed by atoms with van der Waals surface area (Å²) in [6.07, 6.45) is 1.20. The number of hydrogen-bond acceptors (Lipinski definition) is 4. The summed E-state index contributed by atoms with van der Waals surface area (Å²) in [4.78, 5) is 13.7. The molecule has 1 saturated heterocycles. The highest BCUT2D eigenvalue weighted by molar-refractivity contribution is 7.91. The standard InChI is InChI=1S/C15H20Cl2N2O3S/c1-19(13-5-7-23(21,22)10-13)9-15(20)18-6-4-11-2-3-12(16)8-14(11)17/h2-3,8,13H,4-7,9-10H2,1H3,(H,18,20)/t13-/m1/s1. The second kappa shape index (κ2) is 7.83. The van der Waals surface area contributed by atoms with Gasteiger partial charge in [0, 0.05) is 22.6 Å². The second-order valence-corrected chi connectivity index (χ2v) is 8.88. The number of likely N-dealkylation sites (N-methyl/N-ethyl adjacent to an activating group) is 1. The number of sulfone groups is 1. The Bertz CT molecular complexity index is 679. The van der Waals surface area contributed by atoms with Crippen LogP contribution in [0.5, 0.6) is 0 Å². The molecule has 0 aliphatic carbocycles. The highest BCUT2D eigenvalue weighted by Gasteiger charge is 2.31. The Labute approximate surface area is 146 Å². The number of carbonyl (C=O) groups is 1. The monoisotopic (exact) mass is 378 g/mol. The molecule has 23 heavy (non-hydrogen) atoms. The Morgan fingerprint density at radius 2 is 2.13 bits per heavy atom. The fraction of sp³-hybridized carbons (Fsp3) is 0.533. The molecule has 0 saturated carbocycles. The average molecular weight is 379 g/mol. The lowest BCUT2D eigenvalue weighted by Gasteiger charge is -2.22. The van der Waals surface area contributed by atoms with E-state index in [0.29, 0.717) is 29.4 Å². The highest BCUT2D eigenvalue weighted by atomic mass is 35.5. The van der Waals surface area contributed by atoms with Crippen LogP contribution in [0.3, 0.4) is 0 Å². The van der Waals surface area contributed by atoms with Gasteiger partial charge in [0.05, 0.1) is 18.1 Å². The van der Waals surface area contributed by atoms with Crippen LogP contribution in [0.1, 0.15) is 12.0 Å². The van der Waals surface area contributed by atoms with Gasteiger partial charge in [-0.2, -0.15) is 0 Å². The van der Waals surface area contributed by atoms with Crippen LogP contribution in [0.4, 0.5) is 0 Å². The molecule has 0 spiro atoms. The van der Waals surface area contributed by atoms with Crippen molar-refractivity contribution in [3.05, 3.63) is 33.8 Å². The first-order valence-electron chi connectivity index (χ1n) is 7.38. The summed E-state index contributed by atoms with van der Waals surface area (Å²) in [6.45, 7) is 0.658. The average Bonchev–Trinajstić information content (AvgIpc) is 2.81. The van der Waals surface area contributed by atoms with E-state index in [-0.39, 0.29) is 30.0 Å². The zero-order valence-corrected chi connectivity index (χ0v) is 15.2. The van der Waals surface area contributed by atoms with Crippen LogP contribution in [0.25, 0.3) is 0 Å². The number of amides is 1. The normalized spacial score (nSPS) is 19.9. The van der Waals surface area contributed by atoms with E-state index in [9.17, 15) is 13.2 Å². The first kappa shape index (κ1) is 18.5. The summed E-state index contributed by atoms with van der Waals surface area (Å²) in [6, 6.07) is 5.20. The lowest BCUT2D eigenvalue weighted by Crippen LogP contribution is -2.41. The minimum Gasteiger partial charge on any atom is -0.355 e. The summed E-state index contributed by atoms with van der Waals surface area (Å²) < 4.78 is 22.9. The number of hydrogen-bond donors (Lipinski definition) is 1. The number of nitrogens with one attached hydrogen (secondary N) is 1. The number of halogens is 2. The Kier molecular flexibility index (Phi) is 6.31. The van der Waals surface area contributed by atoms with Crippen molar-refractivity contribution in [2.45, 2.75) is 18.9 Å². The molecule has 1 atom stereocenters. The fourth-order valence-corrected chi connectivity index (χ4v) is 4.90. The minimum atomic E-state index is -2.94. The van der Waals surface area contributed by atoms with Gasteiger partial charge >= 0.3 is 0 Å². The Balaban J connectivity index is 1.75. The van der Waals surface area contributed by atoms with E-state index in [2.05, 4.69) is 5.32 Å². The Morgan fingerprint density at radius 3 is 2.74 bits per heavy atom. The maximum absolute atomic E-state index is 11.9. The Morgan fingerprint density at radius 1 is 1.39 bits per heavy atom. The molecule has 2 rings (SSSR count). The van der Waals surface area contributed by atoms with Gasteiger partial charge in [-0.1, -0.05) is 29.3 Å². The Hall–Kier alpha value is -0.820. The summed E-state index contributed by atoms with van der Waals surface area (Å²) in [7, 11) is -1.16. The predicted octanol–water partition coefficient (Wildman–Crippen LogP) is 1.77. The van der Waals surface area contributed by atoms with Crippen LogP contribution in [0, 0.1) is 0 Å².